The molecule has 94 valence electrons. The maximum atomic E-state index is 11.5. The summed E-state index contributed by atoms with van der Waals surface area (Å²) in [5.74, 6) is 1.11. The normalized spacial score (nSPS) is 13.3. The topological polar surface area (TPSA) is 70.0 Å². The van der Waals surface area contributed by atoms with Gasteiger partial charge in [-0.2, -0.15) is 17.0 Å². The molecule has 0 rings (SSSR count). The minimum atomic E-state index is -3.43. The molecule has 6 heteroatoms. The van der Waals surface area contributed by atoms with Crippen molar-refractivity contribution in [1.29, 1.82) is 5.26 Å². The van der Waals surface area contributed by atoms with Crippen LogP contribution in [0.15, 0.2) is 0 Å². The van der Waals surface area contributed by atoms with Gasteiger partial charge < -0.3 is 0 Å². The Hall–Kier alpha value is -0.250. The molecular weight excluding hydrogens is 244 g/mol. The second-order valence-electron chi connectivity index (χ2n) is 3.52. The van der Waals surface area contributed by atoms with Gasteiger partial charge in [0, 0.05) is 6.54 Å². The maximum Gasteiger partial charge on any atom is 0.227 e. The predicted molar refractivity (Wildman–Crippen MR) is 68.8 cm³/mol. The molecule has 4 nitrogen and oxygen atoms in total. The van der Waals surface area contributed by atoms with Gasteiger partial charge in [0.05, 0.1) is 6.07 Å². The van der Waals surface area contributed by atoms with Crippen LogP contribution >= 0.6 is 11.8 Å². The Labute approximate surface area is 103 Å². The number of nitrogens with one attached hydrogen (secondary N) is 1. The van der Waals surface area contributed by atoms with Crippen LogP contribution in [-0.4, -0.2) is 32.2 Å². The third kappa shape index (κ3) is 6.36. The van der Waals surface area contributed by atoms with Crippen molar-refractivity contribution in [2.75, 3.05) is 18.6 Å². The van der Waals surface area contributed by atoms with Crippen molar-refractivity contribution < 1.29 is 8.42 Å². The largest absolute Gasteiger partial charge is 0.227 e. The third-order valence-electron chi connectivity index (χ3n) is 2.22. The van der Waals surface area contributed by atoms with Crippen molar-refractivity contribution in [3.8, 4) is 6.07 Å². The molecule has 0 aromatic rings. The van der Waals surface area contributed by atoms with Crippen LogP contribution in [-0.2, 0) is 10.0 Å². The van der Waals surface area contributed by atoms with Gasteiger partial charge >= 0.3 is 0 Å². The molecule has 0 aliphatic rings. The summed E-state index contributed by atoms with van der Waals surface area (Å²) in [4.78, 5) is 0. The standard InChI is InChI=1S/C10H20N2O2S2/c1-3-10(9-11)16(13,14)12-7-5-4-6-8-15-2/h10,12H,3-8H2,1-2H3. The maximum absolute atomic E-state index is 11.5. The number of nitrogens with zero attached hydrogens (tertiary/aromatic N) is 1. The van der Waals surface area contributed by atoms with Gasteiger partial charge in [-0.05, 0) is 31.3 Å². The lowest BCUT2D eigenvalue weighted by Gasteiger charge is -2.09. The molecular formula is C10H20N2O2S2. The molecule has 0 heterocycles. The van der Waals surface area contributed by atoms with Crippen molar-refractivity contribution in [1.82, 2.24) is 4.72 Å². The fourth-order valence-corrected chi connectivity index (χ4v) is 2.94. The fourth-order valence-electron chi connectivity index (χ4n) is 1.24. The number of hydrogen-bond acceptors (Lipinski definition) is 4. The van der Waals surface area contributed by atoms with Gasteiger partial charge in [-0.1, -0.05) is 13.3 Å². The van der Waals surface area contributed by atoms with E-state index in [0.29, 0.717) is 13.0 Å². The van der Waals surface area contributed by atoms with Gasteiger partial charge in [-0.3, -0.25) is 0 Å². The Bertz CT molecular complexity index is 309. The zero-order chi connectivity index (χ0) is 12.4. The van der Waals surface area contributed by atoms with E-state index in [0.717, 1.165) is 25.0 Å². The Kier molecular flexibility index (Phi) is 8.71. The van der Waals surface area contributed by atoms with Gasteiger partial charge in [0.15, 0.2) is 5.25 Å². The SMILES string of the molecule is CCC(C#N)S(=O)(=O)NCCCCCSC. The summed E-state index contributed by atoms with van der Waals surface area (Å²) in [6, 6.07) is 1.80. The summed E-state index contributed by atoms with van der Waals surface area (Å²) >= 11 is 1.80. The average Bonchev–Trinajstić information content (AvgIpc) is 2.24. The molecule has 0 aromatic heterocycles. The first kappa shape index (κ1) is 15.8. The van der Waals surface area contributed by atoms with E-state index in [1.807, 2.05) is 0 Å². The van der Waals surface area contributed by atoms with Gasteiger partial charge in [0.1, 0.15) is 0 Å². The molecule has 0 saturated heterocycles. The highest BCUT2D eigenvalue weighted by Gasteiger charge is 2.22. The first-order chi connectivity index (χ1) is 7.58. The van der Waals surface area contributed by atoms with E-state index in [-0.39, 0.29) is 0 Å². The summed E-state index contributed by atoms with van der Waals surface area (Å²) in [5, 5.41) is 7.74. The zero-order valence-corrected chi connectivity index (χ0v) is 11.5. The summed E-state index contributed by atoms with van der Waals surface area (Å²) in [7, 11) is -3.43. The summed E-state index contributed by atoms with van der Waals surface area (Å²) in [6.45, 7) is 2.14. The average molecular weight is 264 g/mol. The summed E-state index contributed by atoms with van der Waals surface area (Å²) in [5.41, 5.74) is 0. The Morgan fingerprint density at radius 3 is 2.56 bits per heavy atom. The monoisotopic (exact) mass is 264 g/mol. The summed E-state index contributed by atoms with van der Waals surface area (Å²) < 4.78 is 25.6. The minimum absolute atomic E-state index is 0.332. The molecule has 0 radical (unpaired) electrons. The molecule has 0 bridgehead atoms. The fraction of sp³-hybridized carbons (Fsp3) is 0.900. The molecule has 1 atom stereocenters. The van der Waals surface area contributed by atoms with Crippen LogP contribution in [0.1, 0.15) is 32.6 Å². The number of rotatable bonds is 9. The first-order valence-electron chi connectivity index (χ1n) is 5.45. The van der Waals surface area contributed by atoms with Crippen molar-refractivity contribution in [3.63, 3.8) is 0 Å². The number of sulfonamides is 1. The van der Waals surface area contributed by atoms with Crippen molar-refractivity contribution in [3.05, 3.63) is 0 Å². The van der Waals surface area contributed by atoms with Gasteiger partial charge in [-0.15, -0.1) is 0 Å². The van der Waals surface area contributed by atoms with Crippen LogP contribution in [0.2, 0.25) is 0 Å². The number of nitriles is 1. The van der Waals surface area contributed by atoms with Gasteiger partial charge in [-0.25, -0.2) is 13.1 Å². The smallest absolute Gasteiger partial charge is 0.214 e. The van der Waals surface area contributed by atoms with Crippen molar-refractivity contribution in [2.45, 2.75) is 37.9 Å². The molecule has 1 N–H and O–H groups in total. The van der Waals surface area contributed by atoms with E-state index < -0.39 is 15.3 Å². The molecule has 1 unspecified atom stereocenters. The van der Waals surface area contributed by atoms with Gasteiger partial charge in [0.2, 0.25) is 10.0 Å². The first-order valence-corrected chi connectivity index (χ1v) is 8.39. The van der Waals surface area contributed by atoms with E-state index in [1.54, 1.807) is 24.8 Å². The van der Waals surface area contributed by atoms with E-state index in [1.165, 1.54) is 0 Å². The Morgan fingerprint density at radius 1 is 1.38 bits per heavy atom. The van der Waals surface area contributed by atoms with E-state index in [4.69, 9.17) is 5.26 Å². The number of thioether (sulfide) groups is 1. The van der Waals surface area contributed by atoms with Crippen LogP contribution in [0.5, 0.6) is 0 Å². The molecule has 0 saturated carbocycles. The van der Waals surface area contributed by atoms with Crippen LogP contribution in [0.3, 0.4) is 0 Å². The molecule has 0 spiro atoms. The Balaban J connectivity index is 3.80. The molecule has 0 fully saturated rings. The second kappa shape index (κ2) is 8.85. The predicted octanol–water partition coefficient (Wildman–Crippen LogP) is 1.74. The molecule has 0 aliphatic heterocycles. The highest BCUT2D eigenvalue weighted by atomic mass is 32.2. The van der Waals surface area contributed by atoms with E-state index in [2.05, 4.69) is 11.0 Å². The lowest BCUT2D eigenvalue weighted by molar-refractivity contribution is 0.567. The molecule has 16 heavy (non-hydrogen) atoms. The molecule has 0 aromatic carbocycles. The van der Waals surface area contributed by atoms with Crippen LogP contribution in [0.25, 0.3) is 0 Å². The minimum Gasteiger partial charge on any atom is -0.214 e. The van der Waals surface area contributed by atoms with E-state index >= 15 is 0 Å². The van der Waals surface area contributed by atoms with E-state index in [9.17, 15) is 8.42 Å². The van der Waals surface area contributed by atoms with Crippen LogP contribution in [0, 0.1) is 11.3 Å². The van der Waals surface area contributed by atoms with Crippen molar-refractivity contribution in [2.24, 2.45) is 0 Å². The van der Waals surface area contributed by atoms with Crippen molar-refractivity contribution >= 4 is 21.8 Å². The van der Waals surface area contributed by atoms with Crippen LogP contribution in [0.4, 0.5) is 0 Å². The highest BCUT2D eigenvalue weighted by molar-refractivity contribution is 7.98. The summed E-state index contributed by atoms with van der Waals surface area (Å²) in [6.07, 6.45) is 5.35. The second-order valence-corrected chi connectivity index (χ2v) is 6.45. The lowest BCUT2D eigenvalue weighted by atomic mass is 10.2. The van der Waals surface area contributed by atoms with Gasteiger partial charge in [0.25, 0.3) is 0 Å². The number of unbranched alkanes of at least 4 members (excludes halogenated alkanes) is 2. The zero-order valence-electron chi connectivity index (χ0n) is 9.90. The number of hydrogen-bond donors (Lipinski definition) is 1. The molecule has 0 aliphatic carbocycles. The quantitative estimate of drug-likeness (QED) is 0.644. The Morgan fingerprint density at radius 2 is 2.06 bits per heavy atom. The highest BCUT2D eigenvalue weighted by Crippen LogP contribution is 2.04. The van der Waals surface area contributed by atoms with Crippen LogP contribution < -0.4 is 4.72 Å². The lowest BCUT2D eigenvalue weighted by Crippen LogP contribution is -2.33. The molecule has 0 amide bonds. The third-order valence-corrected chi connectivity index (χ3v) is 4.71.